The third-order valence-corrected chi connectivity index (χ3v) is 3.32. The Bertz CT molecular complexity index is 247. The zero-order valence-corrected chi connectivity index (χ0v) is 12.0. The number of hydrogen-bond acceptors (Lipinski definition) is 2. The van der Waals surface area contributed by atoms with Crippen molar-refractivity contribution in [1.82, 2.24) is 10.2 Å². The van der Waals surface area contributed by atoms with Crippen LogP contribution in [0.3, 0.4) is 0 Å². The number of amides is 1. The van der Waals surface area contributed by atoms with Crippen molar-refractivity contribution in [2.75, 3.05) is 13.1 Å². The summed E-state index contributed by atoms with van der Waals surface area (Å²) in [7, 11) is 0. The van der Waals surface area contributed by atoms with Gasteiger partial charge >= 0.3 is 0 Å². The highest BCUT2D eigenvalue weighted by Crippen LogP contribution is 2.19. The highest BCUT2D eigenvalue weighted by atomic mass is 16.1. The smallest absolute Gasteiger partial charge is 0.220 e. The zero-order chi connectivity index (χ0) is 13.1. The van der Waals surface area contributed by atoms with Gasteiger partial charge in [0.2, 0.25) is 5.91 Å². The van der Waals surface area contributed by atoms with Crippen LogP contribution >= 0.6 is 0 Å². The molecule has 17 heavy (non-hydrogen) atoms. The van der Waals surface area contributed by atoms with Crippen molar-refractivity contribution in [3.63, 3.8) is 0 Å². The van der Waals surface area contributed by atoms with Crippen LogP contribution in [0.25, 0.3) is 0 Å². The molecule has 0 aromatic heterocycles. The van der Waals surface area contributed by atoms with Crippen molar-refractivity contribution < 1.29 is 4.79 Å². The number of likely N-dealkylation sites (tertiary alicyclic amines) is 1. The average molecular weight is 240 g/mol. The van der Waals surface area contributed by atoms with E-state index in [0.29, 0.717) is 18.5 Å². The van der Waals surface area contributed by atoms with Gasteiger partial charge in [0.1, 0.15) is 0 Å². The van der Waals surface area contributed by atoms with Gasteiger partial charge in [-0.2, -0.15) is 0 Å². The van der Waals surface area contributed by atoms with Gasteiger partial charge in [0.15, 0.2) is 0 Å². The molecule has 1 heterocycles. The fourth-order valence-corrected chi connectivity index (χ4v) is 2.32. The molecule has 100 valence electrons. The van der Waals surface area contributed by atoms with Crippen LogP contribution in [0.2, 0.25) is 0 Å². The van der Waals surface area contributed by atoms with E-state index in [-0.39, 0.29) is 11.3 Å². The minimum atomic E-state index is 0.0860. The largest absolute Gasteiger partial charge is 0.353 e. The fourth-order valence-electron chi connectivity index (χ4n) is 2.32. The number of nitrogens with zero attached hydrogens (tertiary/aromatic N) is 1. The van der Waals surface area contributed by atoms with E-state index in [4.69, 9.17) is 0 Å². The summed E-state index contributed by atoms with van der Waals surface area (Å²) in [5.74, 6) is 0.209. The van der Waals surface area contributed by atoms with Gasteiger partial charge in [0.25, 0.3) is 0 Å². The van der Waals surface area contributed by atoms with Crippen molar-refractivity contribution in [2.24, 2.45) is 5.41 Å². The maximum Gasteiger partial charge on any atom is 0.220 e. The summed E-state index contributed by atoms with van der Waals surface area (Å²) in [4.78, 5) is 14.3. The van der Waals surface area contributed by atoms with Crippen LogP contribution in [0.1, 0.15) is 53.9 Å². The molecule has 0 aromatic carbocycles. The first-order valence-electron chi connectivity index (χ1n) is 6.81. The standard InChI is InChI=1S/C14H28N2O/c1-11(2)16-8-6-12(7-9-16)15-13(17)10-14(3,4)5/h11-12H,6-10H2,1-5H3,(H,15,17). The third kappa shape index (κ3) is 5.53. The Morgan fingerprint density at radius 1 is 1.29 bits per heavy atom. The molecule has 1 aliphatic rings. The summed E-state index contributed by atoms with van der Waals surface area (Å²) >= 11 is 0. The summed E-state index contributed by atoms with van der Waals surface area (Å²) in [6, 6.07) is 1.01. The minimum absolute atomic E-state index is 0.0860. The van der Waals surface area contributed by atoms with Gasteiger partial charge in [-0.05, 0) is 32.1 Å². The van der Waals surface area contributed by atoms with Gasteiger partial charge in [-0.15, -0.1) is 0 Å². The molecule has 0 bridgehead atoms. The van der Waals surface area contributed by atoms with Crippen LogP contribution in [0, 0.1) is 5.41 Å². The van der Waals surface area contributed by atoms with Crippen molar-refractivity contribution in [1.29, 1.82) is 0 Å². The Labute approximate surface area is 106 Å². The van der Waals surface area contributed by atoms with Crippen LogP contribution in [-0.2, 0) is 4.79 Å². The maximum atomic E-state index is 11.8. The molecule has 3 heteroatoms. The second-order valence-electron chi connectivity index (χ2n) is 6.71. The molecular formula is C14H28N2O. The molecule has 0 saturated carbocycles. The highest BCUT2D eigenvalue weighted by molar-refractivity contribution is 5.76. The van der Waals surface area contributed by atoms with Crippen molar-refractivity contribution in [3.05, 3.63) is 0 Å². The monoisotopic (exact) mass is 240 g/mol. The van der Waals surface area contributed by atoms with E-state index in [1.54, 1.807) is 0 Å². The molecule has 1 rings (SSSR count). The topological polar surface area (TPSA) is 32.3 Å². The second kappa shape index (κ2) is 5.85. The van der Waals surface area contributed by atoms with Gasteiger partial charge < -0.3 is 10.2 Å². The number of hydrogen-bond donors (Lipinski definition) is 1. The SMILES string of the molecule is CC(C)N1CCC(NC(=O)CC(C)(C)C)CC1. The lowest BCUT2D eigenvalue weighted by Gasteiger charge is -2.35. The molecule has 1 saturated heterocycles. The predicted octanol–water partition coefficient (Wildman–Crippen LogP) is 2.41. The quantitative estimate of drug-likeness (QED) is 0.821. The Morgan fingerprint density at radius 2 is 1.82 bits per heavy atom. The Kier molecular flexibility index (Phi) is 4.99. The predicted molar refractivity (Wildman–Crippen MR) is 71.9 cm³/mol. The first-order valence-corrected chi connectivity index (χ1v) is 6.81. The van der Waals surface area contributed by atoms with E-state index < -0.39 is 0 Å². The van der Waals surface area contributed by atoms with E-state index in [1.165, 1.54) is 0 Å². The summed E-state index contributed by atoms with van der Waals surface area (Å²) in [5.41, 5.74) is 0.0860. The zero-order valence-electron chi connectivity index (χ0n) is 12.0. The lowest BCUT2D eigenvalue weighted by atomic mass is 9.91. The van der Waals surface area contributed by atoms with Crippen molar-refractivity contribution >= 4 is 5.91 Å². The van der Waals surface area contributed by atoms with Crippen LogP contribution < -0.4 is 5.32 Å². The Morgan fingerprint density at radius 3 is 2.24 bits per heavy atom. The molecule has 0 spiro atoms. The number of carbonyl (C=O) groups excluding carboxylic acids is 1. The molecule has 1 amide bonds. The molecule has 0 aliphatic carbocycles. The number of piperidine rings is 1. The first-order chi connectivity index (χ1) is 7.78. The third-order valence-electron chi connectivity index (χ3n) is 3.32. The van der Waals surface area contributed by atoms with Crippen LogP contribution in [-0.4, -0.2) is 36.0 Å². The highest BCUT2D eigenvalue weighted by Gasteiger charge is 2.23. The lowest BCUT2D eigenvalue weighted by molar-refractivity contribution is -0.123. The van der Waals surface area contributed by atoms with E-state index in [0.717, 1.165) is 25.9 Å². The van der Waals surface area contributed by atoms with Gasteiger partial charge in [-0.3, -0.25) is 4.79 Å². The van der Waals surface area contributed by atoms with E-state index >= 15 is 0 Å². The van der Waals surface area contributed by atoms with Crippen molar-refractivity contribution in [2.45, 2.75) is 66.0 Å². The molecule has 1 aliphatic heterocycles. The average Bonchev–Trinajstić information content (AvgIpc) is 2.15. The summed E-state index contributed by atoms with van der Waals surface area (Å²) in [5, 5.41) is 3.17. The summed E-state index contributed by atoms with van der Waals surface area (Å²) < 4.78 is 0. The second-order valence-corrected chi connectivity index (χ2v) is 6.71. The molecule has 1 N–H and O–H groups in total. The van der Waals surface area contributed by atoms with Gasteiger partial charge in [-0.1, -0.05) is 20.8 Å². The molecule has 1 fully saturated rings. The first kappa shape index (κ1) is 14.5. The molecule has 0 atom stereocenters. The summed E-state index contributed by atoms with van der Waals surface area (Å²) in [6.07, 6.45) is 2.81. The number of rotatable bonds is 3. The normalized spacial score (nSPS) is 19.6. The van der Waals surface area contributed by atoms with Gasteiger partial charge in [0.05, 0.1) is 0 Å². The van der Waals surface area contributed by atoms with E-state index in [9.17, 15) is 4.79 Å². The fraction of sp³-hybridized carbons (Fsp3) is 0.929. The Balaban J connectivity index is 2.29. The minimum Gasteiger partial charge on any atom is -0.353 e. The van der Waals surface area contributed by atoms with Crippen LogP contribution in [0.5, 0.6) is 0 Å². The maximum absolute atomic E-state index is 11.8. The molecule has 3 nitrogen and oxygen atoms in total. The molecular weight excluding hydrogens is 212 g/mol. The molecule has 0 radical (unpaired) electrons. The van der Waals surface area contributed by atoms with Gasteiger partial charge in [0, 0.05) is 31.6 Å². The lowest BCUT2D eigenvalue weighted by Crippen LogP contribution is -2.47. The Hall–Kier alpha value is -0.570. The van der Waals surface area contributed by atoms with Crippen LogP contribution in [0.4, 0.5) is 0 Å². The van der Waals surface area contributed by atoms with Crippen LogP contribution in [0.15, 0.2) is 0 Å². The number of carbonyl (C=O) groups is 1. The van der Waals surface area contributed by atoms with E-state index in [1.807, 2.05) is 0 Å². The number of nitrogens with one attached hydrogen (secondary N) is 1. The molecule has 0 aromatic rings. The summed E-state index contributed by atoms with van der Waals surface area (Å²) in [6.45, 7) is 13.0. The molecule has 0 unspecified atom stereocenters. The van der Waals surface area contributed by atoms with Gasteiger partial charge in [-0.25, -0.2) is 0 Å². The van der Waals surface area contributed by atoms with E-state index in [2.05, 4.69) is 44.8 Å². The van der Waals surface area contributed by atoms with Crippen molar-refractivity contribution in [3.8, 4) is 0 Å².